The summed E-state index contributed by atoms with van der Waals surface area (Å²) in [4.78, 5) is 28.8. The van der Waals surface area contributed by atoms with Crippen LogP contribution in [0.25, 0.3) is 10.9 Å². The predicted octanol–water partition coefficient (Wildman–Crippen LogP) is 3.02. The number of hydrogen-bond acceptors (Lipinski definition) is 5. The number of ether oxygens (including phenoxy) is 1. The lowest BCUT2D eigenvalue weighted by Gasteiger charge is -2.11. The molecule has 0 fully saturated rings. The molecule has 6 heteroatoms. The molecule has 1 aromatic heterocycles. The molecule has 0 atom stereocenters. The van der Waals surface area contributed by atoms with E-state index in [2.05, 4.69) is 11.6 Å². The minimum atomic E-state index is -0.295. The Morgan fingerprint density at radius 2 is 2.22 bits per heavy atom. The van der Waals surface area contributed by atoms with Gasteiger partial charge in [-0.05, 0) is 18.6 Å². The minimum absolute atomic E-state index is 0.127. The molecule has 2 rings (SSSR count). The van der Waals surface area contributed by atoms with E-state index in [4.69, 9.17) is 4.74 Å². The van der Waals surface area contributed by atoms with Crippen LogP contribution in [0.2, 0.25) is 0 Å². The van der Waals surface area contributed by atoms with Gasteiger partial charge in [0.2, 0.25) is 0 Å². The molecular formula is C17H20N2O3S. The van der Waals surface area contributed by atoms with Crippen molar-refractivity contribution < 1.29 is 9.53 Å². The van der Waals surface area contributed by atoms with E-state index in [1.165, 1.54) is 16.3 Å². The van der Waals surface area contributed by atoms with Crippen LogP contribution in [0.1, 0.15) is 19.8 Å². The standard InChI is InChI=1S/C17H20N2O3S/c1-3-5-11-22-15(20)12-23-17-18-14-9-7-6-8-13(14)16(21)19(17)10-4-2/h4,6-9H,2-3,5,10-12H2,1H3. The van der Waals surface area contributed by atoms with Gasteiger partial charge in [-0.3, -0.25) is 14.2 Å². The van der Waals surface area contributed by atoms with E-state index in [0.717, 1.165) is 12.8 Å². The number of esters is 1. The molecule has 0 aliphatic heterocycles. The summed E-state index contributed by atoms with van der Waals surface area (Å²) in [7, 11) is 0. The Bertz CT molecular complexity index is 755. The summed E-state index contributed by atoms with van der Waals surface area (Å²) >= 11 is 1.21. The zero-order valence-corrected chi connectivity index (χ0v) is 14.0. The van der Waals surface area contributed by atoms with Gasteiger partial charge < -0.3 is 4.74 Å². The molecule has 1 heterocycles. The van der Waals surface area contributed by atoms with Crippen molar-refractivity contribution in [2.75, 3.05) is 12.4 Å². The smallest absolute Gasteiger partial charge is 0.316 e. The number of aromatic nitrogens is 2. The van der Waals surface area contributed by atoms with E-state index < -0.39 is 0 Å². The van der Waals surface area contributed by atoms with Gasteiger partial charge in [-0.2, -0.15) is 0 Å². The van der Waals surface area contributed by atoms with Crippen molar-refractivity contribution in [3.8, 4) is 0 Å². The second kappa shape index (κ2) is 8.53. The molecular weight excluding hydrogens is 312 g/mol. The van der Waals surface area contributed by atoms with E-state index in [1.807, 2.05) is 19.1 Å². The Balaban J connectivity index is 2.21. The molecule has 0 aliphatic carbocycles. The predicted molar refractivity (Wildman–Crippen MR) is 92.8 cm³/mol. The number of fused-ring (bicyclic) bond motifs is 1. The number of unbranched alkanes of at least 4 members (excludes halogenated alkanes) is 1. The Labute approximate surface area is 139 Å². The lowest BCUT2D eigenvalue weighted by atomic mass is 10.2. The first-order valence-electron chi connectivity index (χ1n) is 7.56. The third-order valence-electron chi connectivity index (χ3n) is 3.22. The first kappa shape index (κ1) is 17.3. The fraction of sp³-hybridized carbons (Fsp3) is 0.353. The molecule has 0 radical (unpaired) electrons. The number of hydrogen-bond donors (Lipinski definition) is 0. The van der Waals surface area contributed by atoms with E-state index in [9.17, 15) is 9.59 Å². The summed E-state index contributed by atoms with van der Waals surface area (Å²) in [6.45, 7) is 6.49. The Kier molecular flexibility index (Phi) is 6.40. The van der Waals surface area contributed by atoms with Gasteiger partial charge in [0.25, 0.3) is 5.56 Å². The molecule has 1 aromatic carbocycles. The number of thioether (sulfide) groups is 1. The first-order chi connectivity index (χ1) is 11.2. The molecule has 122 valence electrons. The molecule has 0 N–H and O–H groups in total. The van der Waals surface area contributed by atoms with Crippen molar-refractivity contribution in [1.29, 1.82) is 0 Å². The second-order valence-electron chi connectivity index (χ2n) is 4.98. The lowest BCUT2D eigenvalue weighted by Crippen LogP contribution is -2.23. The molecule has 0 amide bonds. The fourth-order valence-electron chi connectivity index (χ4n) is 2.04. The van der Waals surface area contributed by atoms with Crippen LogP contribution in [0.5, 0.6) is 0 Å². The van der Waals surface area contributed by atoms with Crippen LogP contribution in [0.4, 0.5) is 0 Å². The number of allylic oxidation sites excluding steroid dienone is 1. The Hall–Kier alpha value is -2.08. The highest BCUT2D eigenvalue weighted by Crippen LogP contribution is 2.18. The van der Waals surface area contributed by atoms with Crippen molar-refractivity contribution in [3.05, 3.63) is 47.3 Å². The van der Waals surface area contributed by atoms with Gasteiger partial charge in [-0.15, -0.1) is 6.58 Å². The summed E-state index contributed by atoms with van der Waals surface area (Å²) in [5.41, 5.74) is 0.497. The van der Waals surface area contributed by atoms with Crippen LogP contribution >= 0.6 is 11.8 Å². The van der Waals surface area contributed by atoms with Gasteiger partial charge in [0, 0.05) is 6.54 Å². The van der Waals surface area contributed by atoms with Gasteiger partial charge in [-0.25, -0.2) is 4.98 Å². The highest BCUT2D eigenvalue weighted by Gasteiger charge is 2.12. The maximum absolute atomic E-state index is 12.5. The van der Waals surface area contributed by atoms with Crippen LogP contribution in [-0.2, 0) is 16.1 Å². The zero-order chi connectivity index (χ0) is 16.7. The van der Waals surface area contributed by atoms with Gasteiger partial charge >= 0.3 is 5.97 Å². The maximum atomic E-state index is 12.5. The summed E-state index contributed by atoms with van der Waals surface area (Å²) in [5, 5.41) is 1.06. The molecule has 2 aromatic rings. The molecule has 0 unspecified atom stereocenters. The molecule has 0 bridgehead atoms. The third-order valence-corrected chi connectivity index (χ3v) is 4.17. The van der Waals surface area contributed by atoms with Crippen LogP contribution < -0.4 is 5.56 Å². The molecule has 5 nitrogen and oxygen atoms in total. The molecule has 0 saturated carbocycles. The average molecular weight is 332 g/mol. The SMILES string of the molecule is C=CCn1c(SCC(=O)OCCCC)nc2ccccc2c1=O. The zero-order valence-electron chi connectivity index (χ0n) is 13.2. The van der Waals surface area contributed by atoms with E-state index in [1.54, 1.807) is 18.2 Å². The van der Waals surface area contributed by atoms with Gasteiger partial charge in [0.15, 0.2) is 5.16 Å². The quantitative estimate of drug-likeness (QED) is 0.244. The van der Waals surface area contributed by atoms with Crippen molar-refractivity contribution in [3.63, 3.8) is 0 Å². The molecule has 0 spiro atoms. The minimum Gasteiger partial charge on any atom is -0.465 e. The Morgan fingerprint density at radius 1 is 1.43 bits per heavy atom. The Morgan fingerprint density at radius 3 is 2.96 bits per heavy atom. The number of benzene rings is 1. The number of carbonyl (C=O) groups excluding carboxylic acids is 1. The number of para-hydroxylation sites is 1. The van der Waals surface area contributed by atoms with Crippen molar-refractivity contribution in [2.24, 2.45) is 0 Å². The van der Waals surface area contributed by atoms with E-state index in [-0.39, 0.29) is 17.3 Å². The topological polar surface area (TPSA) is 61.2 Å². The molecule has 0 aliphatic rings. The van der Waals surface area contributed by atoms with E-state index >= 15 is 0 Å². The number of nitrogens with zero attached hydrogens (tertiary/aromatic N) is 2. The summed E-state index contributed by atoms with van der Waals surface area (Å²) in [5.74, 6) is -0.165. The van der Waals surface area contributed by atoms with Crippen molar-refractivity contribution >= 4 is 28.6 Å². The van der Waals surface area contributed by atoms with Gasteiger partial charge in [0.1, 0.15) is 0 Å². The summed E-state index contributed by atoms with van der Waals surface area (Å²) in [6, 6.07) is 7.18. The maximum Gasteiger partial charge on any atom is 0.316 e. The molecule has 0 saturated heterocycles. The summed E-state index contributed by atoms with van der Waals surface area (Å²) < 4.78 is 6.65. The third kappa shape index (κ3) is 4.45. The van der Waals surface area contributed by atoms with Crippen LogP contribution in [-0.4, -0.2) is 27.9 Å². The lowest BCUT2D eigenvalue weighted by molar-refractivity contribution is -0.140. The van der Waals surface area contributed by atoms with Crippen molar-refractivity contribution in [1.82, 2.24) is 9.55 Å². The fourth-order valence-corrected chi connectivity index (χ4v) is 2.85. The van der Waals surface area contributed by atoms with Crippen LogP contribution in [0.3, 0.4) is 0 Å². The number of carbonyl (C=O) groups is 1. The van der Waals surface area contributed by atoms with Crippen LogP contribution in [0.15, 0.2) is 46.9 Å². The van der Waals surface area contributed by atoms with Gasteiger partial charge in [-0.1, -0.05) is 43.3 Å². The average Bonchev–Trinajstić information content (AvgIpc) is 2.56. The normalized spacial score (nSPS) is 10.7. The molecule has 23 heavy (non-hydrogen) atoms. The number of rotatable bonds is 8. The highest BCUT2D eigenvalue weighted by molar-refractivity contribution is 7.99. The second-order valence-corrected chi connectivity index (χ2v) is 5.92. The highest BCUT2D eigenvalue weighted by atomic mass is 32.2. The van der Waals surface area contributed by atoms with Crippen LogP contribution in [0, 0.1) is 0 Å². The van der Waals surface area contributed by atoms with Crippen molar-refractivity contribution in [2.45, 2.75) is 31.5 Å². The van der Waals surface area contributed by atoms with E-state index in [0.29, 0.717) is 29.2 Å². The first-order valence-corrected chi connectivity index (χ1v) is 8.54. The largest absolute Gasteiger partial charge is 0.465 e. The monoisotopic (exact) mass is 332 g/mol. The van der Waals surface area contributed by atoms with Gasteiger partial charge in [0.05, 0.1) is 23.3 Å². The summed E-state index contributed by atoms with van der Waals surface area (Å²) in [6.07, 6.45) is 3.47.